The van der Waals surface area contributed by atoms with E-state index in [4.69, 9.17) is 6.42 Å². The van der Waals surface area contributed by atoms with Gasteiger partial charge in [-0.15, -0.1) is 12.3 Å². The molecule has 88 valence electrons. The highest BCUT2D eigenvalue weighted by Crippen LogP contribution is 2.23. The molecule has 0 bridgehead atoms. The van der Waals surface area contributed by atoms with Gasteiger partial charge in [0.1, 0.15) is 0 Å². The summed E-state index contributed by atoms with van der Waals surface area (Å²) in [6, 6.07) is 0. The normalized spacial score (nSPS) is 11.4. The van der Waals surface area contributed by atoms with E-state index in [9.17, 15) is 0 Å². The predicted octanol–water partition coefficient (Wildman–Crippen LogP) is 1.83. The third-order valence-electron chi connectivity index (χ3n) is 2.38. The van der Waals surface area contributed by atoms with E-state index < -0.39 is 0 Å². The van der Waals surface area contributed by atoms with Gasteiger partial charge in [-0.3, -0.25) is 4.68 Å². The van der Waals surface area contributed by atoms with Crippen LogP contribution in [0.4, 0.5) is 0 Å². The van der Waals surface area contributed by atoms with Crippen LogP contribution in [0.25, 0.3) is 0 Å². The lowest BCUT2D eigenvalue weighted by atomic mass is 9.89. The average Bonchev–Trinajstić information content (AvgIpc) is 2.54. The third-order valence-corrected chi connectivity index (χ3v) is 2.38. The molecule has 1 aromatic heterocycles. The lowest BCUT2D eigenvalue weighted by molar-refractivity contribution is 0.544. The molecule has 0 atom stereocenters. The molecule has 3 heteroatoms. The molecule has 0 radical (unpaired) electrons. The summed E-state index contributed by atoms with van der Waals surface area (Å²) >= 11 is 0. The van der Waals surface area contributed by atoms with Gasteiger partial charge < -0.3 is 5.32 Å². The minimum Gasteiger partial charge on any atom is -0.312 e. The molecule has 0 aliphatic carbocycles. The predicted molar refractivity (Wildman–Crippen MR) is 67.1 cm³/mol. The van der Waals surface area contributed by atoms with Gasteiger partial charge in [-0.05, 0) is 0 Å². The number of aryl methyl sites for hydroxylation is 1. The summed E-state index contributed by atoms with van der Waals surface area (Å²) in [6.45, 7) is 8.23. The highest BCUT2D eigenvalue weighted by atomic mass is 15.3. The topological polar surface area (TPSA) is 29.9 Å². The first-order valence-corrected chi connectivity index (χ1v) is 5.62. The van der Waals surface area contributed by atoms with Crippen molar-refractivity contribution >= 4 is 0 Å². The Bertz CT molecular complexity index is 377. The van der Waals surface area contributed by atoms with Gasteiger partial charge >= 0.3 is 0 Å². The minimum atomic E-state index is 0.0877. The molecule has 3 nitrogen and oxygen atoms in total. The van der Waals surface area contributed by atoms with Crippen LogP contribution >= 0.6 is 0 Å². The second kappa shape index (κ2) is 5.18. The molecule has 1 N–H and O–H groups in total. The Labute approximate surface area is 98.2 Å². The number of rotatable bonds is 4. The smallest absolute Gasteiger partial charge is 0.0722 e. The fourth-order valence-corrected chi connectivity index (χ4v) is 1.68. The minimum absolute atomic E-state index is 0.0877. The lowest BCUT2D eigenvalue weighted by Crippen LogP contribution is -2.19. The van der Waals surface area contributed by atoms with Crippen molar-refractivity contribution in [3.63, 3.8) is 0 Å². The molecule has 16 heavy (non-hydrogen) atoms. The first-order valence-electron chi connectivity index (χ1n) is 5.62. The van der Waals surface area contributed by atoms with Gasteiger partial charge in [-0.1, -0.05) is 20.8 Å². The van der Waals surface area contributed by atoms with Crippen LogP contribution in [0.2, 0.25) is 0 Å². The number of hydrogen-bond acceptors (Lipinski definition) is 2. The van der Waals surface area contributed by atoms with Gasteiger partial charge in [0.15, 0.2) is 0 Å². The molecule has 0 aliphatic heterocycles. The van der Waals surface area contributed by atoms with Crippen molar-refractivity contribution in [1.29, 1.82) is 0 Å². The maximum Gasteiger partial charge on any atom is 0.0722 e. The maximum absolute atomic E-state index is 5.20. The Morgan fingerprint density at radius 3 is 2.75 bits per heavy atom. The van der Waals surface area contributed by atoms with Gasteiger partial charge in [0, 0.05) is 43.7 Å². The fourth-order valence-electron chi connectivity index (χ4n) is 1.68. The third kappa shape index (κ3) is 3.39. The van der Waals surface area contributed by atoms with E-state index in [2.05, 4.69) is 43.3 Å². The van der Waals surface area contributed by atoms with Crippen LogP contribution in [0.15, 0.2) is 6.20 Å². The number of nitrogens with zero attached hydrogens (tertiary/aromatic N) is 2. The molecule has 0 aliphatic rings. The molecule has 1 rings (SSSR count). The van der Waals surface area contributed by atoms with E-state index in [1.54, 1.807) is 0 Å². The summed E-state index contributed by atoms with van der Waals surface area (Å²) in [5, 5.41) is 7.85. The molecule has 0 spiro atoms. The van der Waals surface area contributed by atoms with Crippen molar-refractivity contribution in [3.8, 4) is 12.3 Å². The van der Waals surface area contributed by atoms with Gasteiger partial charge in [0.2, 0.25) is 0 Å². The van der Waals surface area contributed by atoms with Crippen LogP contribution in [0.5, 0.6) is 0 Å². The number of hydrogen-bond donors (Lipinski definition) is 1. The second-order valence-corrected chi connectivity index (χ2v) is 5.06. The largest absolute Gasteiger partial charge is 0.312 e. The van der Waals surface area contributed by atoms with Crippen LogP contribution in [0, 0.1) is 12.3 Å². The Morgan fingerprint density at radius 2 is 2.19 bits per heavy atom. The SMILES string of the molecule is C#CCCNCc1cn(C)nc1C(C)(C)C. The van der Waals surface area contributed by atoms with E-state index in [1.807, 2.05) is 11.7 Å². The molecule has 0 saturated heterocycles. The quantitative estimate of drug-likeness (QED) is 0.618. The maximum atomic E-state index is 5.20. The van der Waals surface area contributed by atoms with E-state index in [0.29, 0.717) is 0 Å². The van der Waals surface area contributed by atoms with Crippen molar-refractivity contribution in [2.75, 3.05) is 6.54 Å². The van der Waals surface area contributed by atoms with Gasteiger partial charge in [0.25, 0.3) is 0 Å². The highest BCUT2D eigenvalue weighted by Gasteiger charge is 2.21. The Hall–Kier alpha value is -1.27. The summed E-state index contributed by atoms with van der Waals surface area (Å²) in [7, 11) is 1.96. The fraction of sp³-hybridized carbons (Fsp3) is 0.615. The summed E-state index contributed by atoms with van der Waals surface area (Å²) in [5.74, 6) is 2.62. The zero-order valence-electron chi connectivity index (χ0n) is 10.7. The Morgan fingerprint density at radius 1 is 1.50 bits per heavy atom. The van der Waals surface area contributed by atoms with Gasteiger partial charge in [-0.25, -0.2) is 0 Å². The molecule has 0 saturated carbocycles. The van der Waals surface area contributed by atoms with Crippen molar-refractivity contribution in [1.82, 2.24) is 15.1 Å². The molecule has 0 amide bonds. The molecule has 0 aromatic carbocycles. The van der Waals surface area contributed by atoms with E-state index in [0.717, 1.165) is 25.2 Å². The van der Waals surface area contributed by atoms with Crippen molar-refractivity contribution in [2.45, 2.75) is 39.2 Å². The van der Waals surface area contributed by atoms with E-state index >= 15 is 0 Å². The zero-order chi connectivity index (χ0) is 12.2. The summed E-state index contributed by atoms with van der Waals surface area (Å²) in [5.41, 5.74) is 2.50. The molecule has 1 heterocycles. The summed E-state index contributed by atoms with van der Waals surface area (Å²) < 4.78 is 1.87. The summed E-state index contributed by atoms with van der Waals surface area (Å²) in [6.07, 6.45) is 8.05. The van der Waals surface area contributed by atoms with Crippen molar-refractivity contribution < 1.29 is 0 Å². The second-order valence-electron chi connectivity index (χ2n) is 5.06. The van der Waals surface area contributed by atoms with Crippen LogP contribution in [0.3, 0.4) is 0 Å². The lowest BCUT2D eigenvalue weighted by Gasteiger charge is -2.17. The molecule has 0 unspecified atom stereocenters. The molecule has 1 aromatic rings. The average molecular weight is 219 g/mol. The van der Waals surface area contributed by atoms with Gasteiger partial charge in [-0.2, -0.15) is 5.10 Å². The Kier molecular flexibility index (Phi) is 4.14. The number of aromatic nitrogens is 2. The van der Waals surface area contributed by atoms with Crippen LogP contribution in [-0.4, -0.2) is 16.3 Å². The van der Waals surface area contributed by atoms with Crippen molar-refractivity contribution in [2.24, 2.45) is 7.05 Å². The summed E-state index contributed by atoms with van der Waals surface area (Å²) in [4.78, 5) is 0. The van der Waals surface area contributed by atoms with Crippen LogP contribution < -0.4 is 5.32 Å². The zero-order valence-corrected chi connectivity index (χ0v) is 10.7. The van der Waals surface area contributed by atoms with Gasteiger partial charge in [0.05, 0.1) is 5.69 Å². The monoisotopic (exact) mass is 219 g/mol. The standard InChI is InChI=1S/C13H21N3/c1-6-7-8-14-9-11-10-16(5)15-12(11)13(2,3)4/h1,10,14H,7-9H2,2-5H3. The van der Waals surface area contributed by atoms with Crippen LogP contribution in [0.1, 0.15) is 38.4 Å². The molecular weight excluding hydrogens is 198 g/mol. The van der Waals surface area contributed by atoms with E-state index in [-0.39, 0.29) is 5.41 Å². The van der Waals surface area contributed by atoms with Crippen LogP contribution in [-0.2, 0) is 19.0 Å². The Balaban J connectivity index is 2.69. The number of terminal acetylenes is 1. The molecular formula is C13H21N3. The first kappa shape index (κ1) is 12.8. The first-order chi connectivity index (χ1) is 7.45. The molecule has 0 fully saturated rings. The number of nitrogens with one attached hydrogen (secondary N) is 1. The van der Waals surface area contributed by atoms with E-state index in [1.165, 1.54) is 5.56 Å². The van der Waals surface area contributed by atoms with Crippen molar-refractivity contribution in [3.05, 3.63) is 17.5 Å². The highest BCUT2D eigenvalue weighted by molar-refractivity contribution is 5.23.